The minimum atomic E-state index is -4.91. The van der Waals surface area contributed by atoms with Crippen LogP contribution in [-0.2, 0) is 6.18 Å². The molecule has 0 spiro atoms. The molecule has 0 fully saturated rings. The summed E-state index contributed by atoms with van der Waals surface area (Å²) in [5.41, 5.74) is -2.25. The minimum Gasteiger partial charge on any atom is -0.478 e. The van der Waals surface area contributed by atoms with E-state index in [1.54, 1.807) is 12.1 Å². The van der Waals surface area contributed by atoms with Crippen molar-refractivity contribution in [2.75, 3.05) is 5.32 Å². The molecule has 0 atom stereocenters. The van der Waals surface area contributed by atoms with Crippen LogP contribution in [0.3, 0.4) is 0 Å². The van der Waals surface area contributed by atoms with Gasteiger partial charge >= 0.3 is 12.1 Å². The molecule has 0 saturated heterocycles. The number of alkyl halides is 3. The number of aromatic carboxylic acids is 1. The lowest BCUT2D eigenvalue weighted by atomic mass is 10.2. The Morgan fingerprint density at radius 1 is 1.29 bits per heavy atom. The second-order valence-corrected chi connectivity index (χ2v) is 4.27. The highest BCUT2D eigenvalue weighted by molar-refractivity contribution is 6.33. The number of carboxylic acid groups (broad SMARTS) is 1. The summed E-state index contributed by atoms with van der Waals surface area (Å²) in [5.74, 6) is -2.16. The largest absolute Gasteiger partial charge is 0.478 e. The van der Waals surface area contributed by atoms with E-state index in [2.05, 4.69) is 15.3 Å². The van der Waals surface area contributed by atoms with Crippen molar-refractivity contribution < 1.29 is 23.1 Å². The van der Waals surface area contributed by atoms with Crippen LogP contribution >= 0.6 is 11.6 Å². The lowest BCUT2D eigenvalue weighted by molar-refractivity contribution is -0.141. The van der Waals surface area contributed by atoms with Crippen LogP contribution in [0.2, 0.25) is 5.02 Å². The van der Waals surface area contributed by atoms with E-state index in [1.807, 2.05) is 0 Å². The number of hydrogen-bond donors (Lipinski definition) is 2. The molecule has 0 aliphatic heterocycles. The van der Waals surface area contributed by atoms with Gasteiger partial charge in [0.15, 0.2) is 5.69 Å². The van der Waals surface area contributed by atoms with E-state index in [0.717, 1.165) is 0 Å². The van der Waals surface area contributed by atoms with Crippen LogP contribution in [0, 0.1) is 0 Å². The molecule has 0 unspecified atom stereocenters. The van der Waals surface area contributed by atoms with E-state index in [1.165, 1.54) is 12.1 Å². The standard InChI is InChI=1S/C12H7ClF3N3O2/c13-7-3-1-2-4-8(7)18-11-17-5-6(10(20)21)9(19-11)12(14,15)16/h1-5H,(H,20,21)(H,17,18,19). The Bertz CT molecular complexity index is 692. The summed E-state index contributed by atoms with van der Waals surface area (Å²) >= 11 is 5.85. The molecule has 21 heavy (non-hydrogen) atoms. The Balaban J connectivity index is 2.43. The maximum Gasteiger partial charge on any atom is 0.434 e. The van der Waals surface area contributed by atoms with Crippen molar-refractivity contribution in [1.82, 2.24) is 9.97 Å². The molecular weight excluding hydrogens is 311 g/mol. The molecule has 0 amide bonds. The van der Waals surface area contributed by atoms with Gasteiger partial charge in [0.1, 0.15) is 5.56 Å². The van der Waals surface area contributed by atoms with E-state index in [-0.39, 0.29) is 5.02 Å². The number of benzene rings is 1. The first kappa shape index (κ1) is 15.0. The zero-order valence-corrected chi connectivity index (χ0v) is 10.9. The number of carboxylic acids is 1. The molecule has 1 aromatic heterocycles. The monoisotopic (exact) mass is 317 g/mol. The van der Waals surface area contributed by atoms with Gasteiger partial charge in [0.05, 0.1) is 10.7 Å². The minimum absolute atomic E-state index is 0.261. The second kappa shape index (κ2) is 5.57. The van der Waals surface area contributed by atoms with Crippen molar-refractivity contribution in [2.24, 2.45) is 0 Å². The van der Waals surface area contributed by atoms with Gasteiger partial charge in [-0.25, -0.2) is 14.8 Å². The summed E-state index contributed by atoms with van der Waals surface area (Å²) in [7, 11) is 0. The molecule has 0 saturated carbocycles. The average molecular weight is 318 g/mol. The topological polar surface area (TPSA) is 75.1 Å². The summed E-state index contributed by atoms with van der Waals surface area (Å²) in [6.07, 6.45) is -4.31. The van der Waals surface area contributed by atoms with Crippen molar-refractivity contribution in [1.29, 1.82) is 0 Å². The summed E-state index contributed by atoms with van der Waals surface area (Å²) in [4.78, 5) is 17.5. The molecule has 0 radical (unpaired) electrons. The molecule has 110 valence electrons. The number of para-hydroxylation sites is 1. The highest BCUT2D eigenvalue weighted by Crippen LogP contribution is 2.31. The van der Waals surface area contributed by atoms with Crippen LogP contribution in [0.5, 0.6) is 0 Å². The molecule has 9 heteroatoms. The number of nitrogens with zero attached hydrogens (tertiary/aromatic N) is 2. The van der Waals surface area contributed by atoms with E-state index in [4.69, 9.17) is 16.7 Å². The van der Waals surface area contributed by atoms with Gasteiger partial charge in [-0.15, -0.1) is 0 Å². The summed E-state index contributed by atoms with van der Waals surface area (Å²) in [6.45, 7) is 0. The third-order valence-corrected chi connectivity index (χ3v) is 2.74. The summed E-state index contributed by atoms with van der Waals surface area (Å²) in [5, 5.41) is 11.5. The lowest BCUT2D eigenvalue weighted by Gasteiger charge is -2.11. The number of hydrogen-bond acceptors (Lipinski definition) is 4. The summed E-state index contributed by atoms with van der Waals surface area (Å²) < 4.78 is 38.4. The normalized spacial score (nSPS) is 11.2. The molecule has 2 N–H and O–H groups in total. The number of rotatable bonds is 3. The van der Waals surface area contributed by atoms with Gasteiger partial charge in [0.2, 0.25) is 5.95 Å². The molecule has 5 nitrogen and oxygen atoms in total. The fourth-order valence-electron chi connectivity index (χ4n) is 1.50. The average Bonchev–Trinajstić information content (AvgIpc) is 2.40. The Morgan fingerprint density at radius 3 is 2.52 bits per heavy atom. The molecule has 2 rings (SSSR count). The molecule has 2 aromatic rings. The Hall–Kier alpha value is -2.35. The summed E-state index contributed by atoms with van der Waals surface area (Å²) in [6, 6.07) is 6.30. The van der Waals surface area contributed by atoms with E-state index < -0.39 is 29.4 Å². The van der Waals surface area contributed by atoms with Crippen LogP contribution in [0.15, 0.2) is 30.5 Å². The zero-order valence-electron chi connectivity index (χ0n) is 10.1. The number of aromatic nitrogens is 2. The number of carbonyl (C=O) groups is 1. The number of nitrogens with one attached hydrogen (secondary N) is 1. The van der Waals surface area contributed by atoms with Crippen molar-refractivity contribution in [2.45, 2.75) is 6.18 Å². The first-order chi connectivity index (χ1) is 9.79. The fourth-order valence-corrected chi connectivity index (χ4v) is 1.68. The predicted octanol–water partition coefficient (Wildman–Crippen LogP) is 3.59. The Kier molecular flexibility index (Phi) is 3.99. The van der Waals surface area contributed by atoms with Gasteiger partial charge < -0.3 is 10.4 Å². The van der Waals surface area contributed by atoms with Gasteiger partial charge in [0, 0.05) is 6.20 Å². The van der Waals surface area contributed by atoms with Crippen molar-refractivity contribution in [3.05, 3.63) is 46.7 Å². The molecule has 0 bridgehead atoms. The highest BCUT2D eigenvalue weighted by atomic mass is 35.5. The smallest absolute Gasteiger partial charge is 0.434 e. The van der Waals surface area contributed by atoms with Crippen LogP contribution < -0.4 is 5.32 Å². The van der Waals surface area contributed by atoms with Crippen LogP contribution in [0.4, 0.5) is 24.8 Å². The maximum absolute atomic E-state index is 12.8. The molecule has 0 aliphatic rings. The first-order valence-electron chi connectivity index (χ1n) is 5.48. The van der Waals surface area contributed by atoms with Gasteiger partial charge in [-0.2, -0.15) is 13.2 Å². The Labute approximate surface area is 121 Å². The number of halogens is 4. The highest BCUT2D eigenvalue weighted by Gasteiger charge is 2.38. The quantitative estimate of drug-likeness (QED) is 0.904. The van der Waals surface area contributed by atoms with Gasteiger partial charge in [-0.05, 0) is 12.1 Å². The van der Waals surface area contributed by atoms with E-state index in [9.17, 15) is 18.0 Å². The third-order valence-electron chi connectivity index (χ3n) is 2.41. The maximum atomic E-state index is 12.8. The van der Waals surface area contributed by atoms with Crippen LogP contribution in [-0.4, -0.2) is 21.0 Å². The van der Waals surface area contributed by atoms with Crippen LogP contribution in [0.25, 0.3) is 0 Å². The third kappa shape index (κ3) is 3.40. The zero-order chi connectivity index (χ0) is 15.6. The SMILES string of the molecule is O=C(O)c1cnc(Nc2ccccc2Cl)nc1C(F)(F)F. The lowest BCUT2D eigenvalue weighted by Crippen LogP contribution is -2.17. The Morgan fingerprint density at radius 2 is 1.95 bits per heavy atom. The first-order valence-corrected chi connectivity index (χ1v) is 5.86. The number of anilines is 2. The van der Waals surface area contributed by atoms with Gasteiger partial charge in [0.25, 0.3) is 0 Å². The molecule has 1 heterocycles. The molecular formula is C12H7ClF3N3O2. The van der Waals surface area contributed by atoms with Crippen molar-refractivity contribution in [3.8, 4) is 0 Å². The van der Waals surface area contributed by atoms with Gasteiger partial charge in [-0.3, -0.25) is 0 Å². The fraction of sp³-hybridized carbons (Fsp3) is 0.0833. The molecule has 1 aromatic carbocycles. The van der Waals surface area contributed by atoms with E-state index >= 15 is 0 Å². The second-order valence-electron chi connectivity index (χ2n) is 3.86. The van der Waals surface area contributed by atoms with Crippen molar-refractivity contribution in [3.63, 3.8) is 0 Å². The predicted molar refractivity (Wildman–Crippen MR) is 68.7 cm³/mol. The van der Waals surface area contributed by atoms with Crippen LogP contribution in [0.1, 0.15) is 16.1 Å². The van der Waals surface area contributed by atoms with E-state index in [0.29, 0.717) is 11.9 Å². The molecule has 0 aliphatic carbocycles. The van der Waals surface area contributed by atoms with Gasteiger partial charge in [-0.1, -0.05) is 23.7 Å². The van der Waals surface area contributed by atoms with Crippen molar-refractivity contribution >= 4 is 29.2 Å².